The Hall–Kier alpha value is -1.84. The van der Waals surface area contributed by atoms with Crippen LogP contribution in [0.2, 0.25) is 0 Å². The van der Waals surface area contributed by atoms with Crippen LogP contribution in [0.5, 0.6) is 0 Å². The Labute approximate surface area is 174 Å². The minimum Gasteiger partial charge on any atom is -0.460 e. The van der Waals surface area contributed by atoms with E-state index in [1.807, 2.05) is 12.1 Å². The fraction of sp³-hybridized carbons (Fsp3) is 0.680. The molecular weight excluding hydrogens is 362 g/mol. The molecule has 1 N–H and O–H groups in total. The van der Waals surface area contributed by atoms with Crippen molar-refractivity contribution >= 4 is 11.9 Å². The van der Waals surface area contributed by atoms with Crippen molar-refractivity contribution in [2.75, 3.05) is 6.54 Å². The molecule has 29 heavy (non-hydrogen) atoms. The molecule has 0 aromatic heterocycles. The summed E-state index contributed by atoms with van der Waals surface area (Å²) >= 11 is 0. The van der Waals surface area contributed by atoms with Crippen LogP contribution in [-0.4, -0.2) is 18.4 Å². The lowest BCUT2D eigenvalue weighted by Gasteiger charge is -2.56. The van der Waals surface area contributed by atoms with E-state index in [0.29, 0.717) is 6.42 Å². The second-order valence-corrected chi connectivity index (χ2v) is 11.0. The predicted molar refractivity (Wildman–Crippen MR) is 113 cm³/mol. The number of esters is 1. The Bertz CT molecular complexity index is 724. The monoisotopic (exact) mass is 397 g/mol. The van der Waals surface area contributed by atoms with Gasteiger partial charge in [0.15, 0.2) is 0 Å². The van der Waals surface area contributed by atoms with Gasteiger partial charge in [0, 0.05) is 6.42 Å². The van der Waals surface area contributed by atoms with Crippen molar-refractivity contribution in [1.29, 1.82) is 0 Å². The van der Waals surface area contributed by atoms with E-state index in [0.717, 1.165) is 23.3 Å². The number of carbonyl (C=O) groups excluding carboxylic acids is 2. The molecule has 0 aliphatic heterocycles. The molecule has 4 nitrogen and oxygen atoms in total. The second-order valence-electron chi connectivity index (χ2n) is 11.0. The van der Waals surface area contributed by atoms with Crippen molar-refractivity contribution in [2.24, 2.45) is 23.2 Å². The molecule has 4 aliphatic rings. The highest BCUT2D eigenvalue weighted by molar-refractivity contribution is 5.82. The summed E-state index contributed by atoms with van der Waals surface area (Å²) in [6.07, 6.45) is 8.35. The Balaban J connectivity index is 1.20. The van der Waals surface area contributed by atoms with Crippen molar-refractivity contribution in [2.45, 2.75) is 77.7 Å². The molecule has 0 saturated heterocycles. The van der Waals surface area contributed by atoms with Gasteiger partial charge in [-0.2, -0.15) is 0 Å². The topological polar surface area (TPSA) is 55.4 Å². The molecule has 4 bridgehead atoms. The summed E-state index contributed by atoms with van der Waals surface area (Å²) in [6.45, 7) is 6.73. The summed E-state index contributed by atoms with van der Waals surface area (Å²) in [7, 11) is 0. The van der Waals surface area contributed by atoms with E-state index in [4.69, 9.17) is 4.74 Å². The Morgan fingerprint density at radius 3 is 2.07 bits per heavy atom. The molecule has 0 heterocycles. The van der Waals surface area contributed by atoms with Gasteiger partial charge in [0.25, 0.3) is 0 Å². The van der Waals surface area contributed by atoms with Gasteiger partial charge in [-0.25, -0.2) is 0 Å². The highest BCUT2D eigenvalue weighted by Gasteiger charge is 2.51. The van der Waals surface area contributed by atoms with Gasteiger partial charge in [-0.05, 0) is 78.2 Å². The van der Waals surface area contributed by atoms with Gasteiger partial charge in [0.05, 0.1) is 0 Å². The Morgan fingerprint density at radius 2 is 1.55 bits per heavy atom. The maximum absolute atomic E-state index is 12.5. The largest absolute Gasteiger partial charge is 0.460 e. The van der Waals surface area contributed by atoms with Crippen LogP contribution in [0.4, 0.5) is 0 Å². The first-order valence-corrected chi connectivity index (χ1v) is 11.2. The van der Waals surface area contributed by atoms with Gasteiger partial charge in [-0.3, -0.25) is 9.59 Å². The Morgan fingerprint density at radius 1 is 1.00 bits per heavy atom. The third-order valence-electron chi connectivity index (χ3n) is 7.35. The molecule has 4 heteroatoms. The van der Waals surface area contributed by atoms with E-state index < -0.39 is 0 Å². The SMILES string of the molecule is CC(C)(C)c1ccc(COC(=O)CNC(=O)CC23CC4CC(CC(C4)C2)C3)cc1. The van der Waals surface area contributed by atoms with Crippen molar-refractivity contribution < 1.29 is 14.3 Å². The summed E-state index contributed by atoms with van der Waals surface area (Å²) in [6, 6.07) is 8.16. The van der Waals surface area contributed by atoms with Gasteiger partial charge in [-0.1, -0.05) is 45.0 Å². The summed E-state index contributed by atoms with van der Waals surface area (Å²) in [5.41, 5.74) is 2.53. The fourth-order valence-electron chi connectivity index (χ4n) is 6.40. The van der Waals surface area contributed by atoms with Crippen LogP contribution in [0, 0.1) is 23.2 Å². The van der Waals surface area contributed by atoms with Gasteiger partial charge in [0.1, 0.15) is 13.2 Å². The number of hydrogen-bond donors (Lipinski definition) is 1. The average molecular weight is 398 g/mol. The molecule has 4 fully saturated rings. The van der Waals surface area contributed by atoms with E-state index in [-0.39, 0.29) is 35.9 Å². The van der Waals surface area contributed by atoms with Gasteiger partial charge in [0.2, 0.25) is 5.91 Å². The minimum atomic E-state index is -0.372. The van der Waals surface area contributed by atoms with Crippen molar-refractivity contribution in [3.8, 4) is 0 Å². The van der Waals surface area contributed by atoms with Crippen LogP contribution in [0.15, 0.2) is 24.3 Å². The molecule has 4 saturated carbocycles. The summed E-state index contributed by atoms with van der Waals surface area (Å²) in [5.74, 6) is 2.15. The van der Waals surface area contributed by atoms with E-state index >= 15 is 0 Å². The van der Waals surface area contributed by atoms with Crippen molar-refractivity contribution in [1.82, 2.24) is 5.32 Å². The standard InChI is InChI=1S/C25H35NO3/c1-24(2,3)21-6-4-17(5-7-21)16-29-23(28)15-26-22(27)14-25-11-18-8-19(12-25)10-20(9-18)13-25/h4-7,18-20H,8-16H2,1-3H3,(H,26,27). The lowest BCUT2D eigenvalue weighted by molar-refractivity contribution is -0.146. The zero-order chi connectivity index (χ0) is 20.6. The van der Waals surface area contributed by atoms with E-state index in [9.17, 15) is 9.59 Å². The van der Waals surface area contributed by atoms with Crippen LogP contribution < -0.4 is 5.32 Å². The van der Waals surface area contributed by atoms with E-state index in [1.165, 1.54) is 44.1 Å². The van der Waals surface area contributed by atoms with Gasteiger partial charge < -0.3 is 10.1 Å². The molecule has 158 valence electrons. The molecule has 0 unspecified atom stereocenters. The maximum Gasteiger partial charge on any atom is 0.325 e. The quantitative estimate of drug-likeness (QED) is 0.705. The molecule has 1 amide bonds. The van der Waals surface area contributed by atoms with Crippen LogP contribution in [0.1, 0.15) is 76.8 Å². The first-order chi connectivity index (χ1) is 13.7. The second kappa shape index (κ2) is 7.77. The highest BCUT2D eigenvalue weighted by atomic mass is 16.5. The summed E-state index contributed by atoms with van der Waals surface area (Å²) in [4.78, 5) is 24.6. The molecular formula is C25H35NO3. The van der Waals surface area contributed by atoms with E-state index in [1.54, 1.807) is 0 Å². The first kappa shape index (κ1) is 20.4. The van der Waals surface area contributed by atoms with Gasteiger partial charge in [-0.15, -0.1) is 0 Å². The number of carbonyl (C=O) groups is 2. The first-order valence-electron chi connectivity index (χ1n) is 11.2. The number of amides is 1. The summed E-state index contributed by atoms with van der Waals surface area (Å²) in [5, 5.41) is 2.81. The van der Waals surface area contributed by atoms with Crippen LogP contribution >= 0.6 is 0 Å². The van der Waals surface area contributed by atoms with Gasteiger partial charge >= 0.3 is 5.97 Å². The highest BCUT2D eigenvalue weighted by Crippen LogP contribution is 2.61. The molecule has 5 rings (SSSR count). The molecule has 1 aromatic carbocycles. The predicted octanol–water partition coefficient (Wildman–Crippen LogP) is 4.75. The fourth-order valence-corrected chi connectivity index (χ4v) is 6.40. The Kier molecular flexibility index (Phi) is 5.48. The molecule has 1 aromatic rings. The number of benzene rings is 1. The lowest BCUT2D eigenvalue weighted by Crippen LogP contribution is -2.48. The third-order valence-corrected chi connectivity index (χ3v) is 7.35. The molecule has 0 spiro atoms. The smallest absolute Gasteiger partial charge is 0.325 e. The third kappa shape index (κ3) is 4.84. The van der Waals surface area contributed by atoms with Crippen LogP contribution in [0.25, 0.3) is 0 Å². The minimum absolute atomic E-state index is 0.0124. The zero-order valence-corrected chi connectivity index (χ0v) is 18.1. The van der Waals surface area contributed by atoms with Crippen LogP contribution in [-0.2, 0) is 26.3 Å². The lowest BCUT2D eigenvalue weighted by atomic mass is 9.49. The maximum atomic E-state index is 12.5. The number of rotatable bonds is 6. The van der Waals surface area contributed by atoms with Crippen molar-refractivity contribution in [3.05, 3.63) is 35.4 Å². The number of nitrogens with one attached hydrogen (secondary N) is 1. The summed E-state index contributed by atoms with van der Waals surface area (Å²) < 4.78 is 5.34. The number of ether oxygens (including phenoxy) is 1. The van der Waals surface area contributed by atoms with Crippen molar-refractivity contribution in [3.63, 3.8) is 0 Å². The normalized spacial score (nSPS) is 30.2. The zero-order valence-electron chi connectivity index (χ0n) is 18.1. The number of hydrogen-bond acceptors (Lipinski definition) is 3. The molecule has 0 atom stereocenters. The molecule has 4 aliphatic carbocycles. The average Bonchev–Trinajstić information content (AvgIpc) is 2.63. The van der Waals surface area contributed by atoms with Crippen LogP contribution in [0.3, 0.4) is 0 Å². The van der Waals surface area contributed by atoms with E-state index in [2.05, 4.69) is 38.2 Å². The molecule has 0 radical (unpaired) electrons.